The van der Waals surface area contributed by atoms with Crippen LogP contribution in [0.25, 0.3) is 0 Å². The van der Waals surface area contributed by atoms with Crippen LogP contribution in [0.3, 0.4) is 0 Å². The summed E-state index contributed by atoms with van der Waals surface area (Å²) in [5, 5.41) is 12.4. The molecular formula is C14H17BrN2. The molecule has 2 nitrogen and oxygen atoms in total. The van der Waals surface area contributed by atoms with Gasteiger partial charge < -0.3 is 5.32 Å². The fourth-order valence-corrected chi connectivity index (χ4v) is 3.08. The third-order valence-corrected chi connectivity index (χ3v) is 4.22. The fourth-order valence-electron chi connectivity index (χ4n) is 2.50. The Labute approximate surface area is 111 Å². The molecule has 90 valence electrons. The smallest absolute Gasteiger partial charge is 0.0638 e. The first-order valence-electron chi connectivity index (χ1n) is 6.16. The number of nitrogens with zero attached hydrogens (tertiary/aromatic N) is 1. The number of benzene rings is 1. The van der Waals surface area contributed by atoms with Crippen LogP contribution in [0, 0.1) is 11.3 Å². The summed E-state index contributed by atoms with van der Waals surface area (Å²) in [4.78, 5) is 0. The van der Waals surface area contributed by atoms with Crippen LogP contribution in [0.15, 0.2) is 22.7 Å². The minimum Gasteiger partial charge on any atom is -0.306 e. The zero-order valence-corrected chi connectivity index (χ0v) is 11.6. The van der Waals surface area contributed by atoms with E-state index in [0.717, 1.165) is 19.3 Å². The monoisotopic (exact) mass is 292 g/mol. The predicted octanol–water partition coefficient (Wildman–Crippen LogP) is 3.72. The first-order valence-corrected chi connectivity index (χ1v) is 6.95. The van der Waals surface area contributed by atoms with Crippen LogP contribution < -0.4 is 5.32 Å². The lowest BCUT2D eigenvalue weighted by Crippen LogP contribution is -2.31. The fraction of sp³-hybridized carbons (Fsp3) is 0.500. The molecular weight excluding hydrogens is 276 g/mol. The molecule has 1 N–H and O–H groups in total. The zero-order valence-electron chi connectivity index (χ0n) is 10.0. The van der Waals surface area contributed by atoms with Crippen molar-refractivity contribution in [3.63, 3.8) is 0 Å². The maximum atomic E-state index is 8.78. The van der Waals surface area contributed by atoms with E-state index in [1.807, 2.05) is 0 Å². The van der Waals surface area contributed by atoms with E-state index in [9.17, 15) is 0 Å². The van der Waals surface area contributed by atoms with E-state index < -0.39 is 0 Å². The lowest BCUT2D eigenvalue weighted by atomic mass is 10.1. The molecule has 1 aromatic rings. The van der Waals surface area contributed by atoms with Crippen LogP contribution in [0.5, 0.6) is 0 Å². The lowest BCUT2D eigenvalue weighted by molar-refractivity contribution is 0.426. The van der Waals surface area contributed by atoms with Crippen LogP contribution in [0.2, 0.25) is 0 Å². The van der Waals surface area contributed by atoms with Crippen molar-refractivity contribution in [2.45, 2.75) is 44.7 Å². The van der Waals surface area contributed by atoms with Gasteiger partial charge in [0.05, 0.1) is 12.5 Å². The van der Waals surface area contributed by atoms with E-state index >= 15 is 0 Å². The third-order valence-electron chi connectivity index (χ3n) is 3.48. The van der Waals surface area contributed by atoms with E-state index in [1.165, 1.54) is 15.6 Å². The summed E-state index contributed by atoms with van der Waals surface area (Å²) >= 11 is 3.61. The van der Waals surface area contributed by atoms with Crippen LogP contribution >= 0.6 is 15.9 Å². The van der Waals surface area contributed by atoms with Crippen molar-refractivity contribution >= 4 is 15.9 Å². The van der Waals surface area contributed by atoms with Gasteiger partial charge in [-0.25, -0.2) is 0 Å². The van der Waals surface area contributed by atoms with Gasteiger partial charge in [-0.3, -0.25) is 0 Å². The predicted molar refractivity (Wildman–Crippen MR) is 72.6 cm³/mol. The molecule has 2 rings (SSSR count). The topological polar surface area (TPSA) is 35.8 Å². The molecule has 0 saturated carbocycles. The molecule has 0 spiro atoms. The highest BCUT2D eigenvalue weighted by Gasteiger charge is 2.25. The number of halogens is 1. The van der Waals surface area contributed by atoms with Gasteiger partial charge in [-0.2, -0.15) is 5.26 Å². The number of rotatable bonds is 4. The van der Waals surface area contributed by atoms with Crippen molar-refractivity contribution in [1.29, 1.82) is 5.26 Å². The first-order chi connectivity index (χ1) is 8.26. The van der Waals surface area contributed by atoms with Crippen LogP contribution in [0.1, 0.15) is 43.4 Å². The Balaban J connectivity index is 2.12. The maximum absolute atomic E-state index is 8.78. The molecule has 0 amide bonds. The van der Waals surface area contributed by atoms with Crippen LogP contribution in [0.4, 0.5) is 0 Å². The molecule has 2 atom stereocenters. The molecule has 0 aromatic heterocycles. The van der Waals surface area contributed by atoms with Gasteiger partial charge in [0.1, 0.15) is 0 Å². The SMILES string of the molecule is CCC(CC#N)NC1CCc2c(Br)cccc21. The van der Waals surface area contributed by atoms with Gasteiger partial charge in [0.25, 0.3) is 0 Å². The third kappa shape index (κ3) is 2.70. The molecule has 1 aliphatic rings. The Hall–Kier alpha value is -0.850. The van der Waals surface area contributed by atoms with E-state index in [-0.39, 0.29) is 0 Å². The molecule has 17 heavy (non-hydrogen) atoms. The Bertz CT molecular complexity index is 436. The molecule has 1 aliphatic carbocycles. The second kappa shape index (κ2) is 5.66. The Morgan fingerprint density at radius 3 is 3.12 bits per heavy atom. The number of nitriles is 1. The maximum Gasteiger partial charge on any atom is 0.0638 e. The van der Waals surface area contributed by atoms with Gasteiger partial charge in [-0.1, -0.05) is 35.0 Å². The van der Waals surface area contributed by atoms with Crippen molar-refractivity contribution in [3.05, 3.63) is 33.8 Å². The van der Waals surface area contributed by atoms with E-state index in [4.69, 9.17) is 5.26 Å². The van der Waals surface area contributed by atoms with Crippen LogP contribution in [-0.4, -0.2) is 6.04 Å². The van der Waals surface area contributed by atoms with Gasteiger partial charge >= 0.3 is 0 Å². The molecule has 0 bridgehead atoms. The average molecular weight is 293 g/mol. The Morgan fingerprint density at radius 2 is 2.41 bits per heavy atom. The van der Waals surface area contributed by atoms with Gasteiger partial charge in [-0.05, 0) is 36.5 Å². The van der Waals surface area contributed by atoms with Crippen molar-refractivity contribution in [2.24, 2.45) is 0 Å². The van der Waals surface area contributed by atoms with E-state index in [2.05, 4.69) is 52.4 Å². The minimum absolute atomic E-state index is 0.315. The van der Waals surface area contributed by atoms with Crippen molar-refractivity contribution in [2.75, 3.05) is 0 Å². The molecule has 3 heteroatoms. The van der Waals surface area contributed by atoms with E-state index in [1.54, 1.807) is 0 Å². The molecule has 0 heterocycles. The summed E-state index contributed by atoms with van der Waals surface area (Å²) in [5.74, 6) is 0. The van der Waals surface area contributed by atoms with Crippen molar-refractivity contribution < 1.29 is 0 Å². The summed E-state index contributed by atoms with van der Waals surface area (Å²) in [7, 11) is 0. The molecule has 0 aliphatic heterocycles. The molecule has 1 aromatic carbocycles. The highest BCUT2D eigenvalue weighted by Crippen LogP contribution is 2.36. The van der Waals surface area contributed by atoms with Gasteiger partial charge in [-0.15, -0.1) is 0 Å². The number of hydrogen-bond donors (Lipinski definition) is 1. The molecule has 2 unspecified atom stereocenters. The van der Waals surface area contributed by atoms with E-state index in [0.29, 0.717) is 18.5 Å². The number of fused-ring (bicyclic) bond motifs is 1. The number of nitrogens with one attached hydrogen (secondary N) is 1. The summed E-state index contributed by atoms with van der Waals surface area (Å²) in [5.41, 5.74) is 2.83. The second-order valence-electron chi connectivity index (χ2n) is 4.53. The summed E-state index contributed by atoms with van der Waals surface area (Å²) in [6.07, 6.45) is 3.86. The van der Waals surface area contributed by atoms with Crippen LogP contribution in [-0.2, 0) is 6.42 Å². The number of hydrogen-bond acceptors (Lipinski definition) is 2. The van der Waals surface area contributed by atoms with Gasteiger partial charge in [0.15, 0.2) is 0 Å². The van der Waals surface area contributed by atoms with Crippen molar-refractivity contribution in [3.8, 4) is 6.07 Å². The first kappa shape index (κ1) is 12.6. The molecule has 0 radical (unpaired) electrons. The summed E-state index contributed by atoms with van der Waals surface area (Å²) in [6.45, 7) is 2.13. The highest BCUT2D eigenvalue weighted by atomic mass is 79.9. The van der Waals surface area contributed by atoms with Gasteiger partial charge in [0.2, 0.25) is 0 Å². The minimum atomic E-state index is 0.315. The largest absolute Gasteiger partial charge is 0.306 e. The second-order valence-corrected chi connectivity index (χ2v) is 5.39. The average Bonchev–Trinajstić information content (AvgIpc) is 2.73. The summed E-state index contributed by atoms with van der Waals surface area (Å²) in [6, 6.07) is 9.38. The Morgan fingerprint density at radius 1 is 1.59 bits per heavy atom. The highest BCUT2D eigenvalue weighted by molar-refractivity contribution is 9.10. The van der Waals surface area contributed by atoms with Gasteiger partial charge in [0, 0.05) is 16.6 Å². The normalized spacial score (nSPS) is 19.7. The standard InChI is InChI=1S/C14H17BrN2/c1-2-10(8-9-16)17-14-7-6-11-12(14)4-3-5-13(11)15/h3-5,10,14,17H,2,6-8H2,1H3. The van der Waals surface area contributed by atoms with Crippen molar-refractivity contribution in [1.82, 2.24) is 5.32 Å². The summed E-state index contributed by atoms with van der Waals surface area (Å²) < 4.78 is 1.22. The quantitative estimate of drug-likeness (QED) is 0.918. The molecule has 0 fully saturated rings. The zero-order chi connectivity index (χ0) is 12.3. The molecule has 0 saturated heterocycles. The lowest BCUT2D eigenvalue weighted by Gasteiger charge is -2.20. The Kier molecular flexibility index (Phi) is 4.20.